The molecule has 5 heteroatoms. The van der Waals surface area contributed by atoms with Crippen molar-refractivity contribution in [3.63, 3.8) is 0 Å². The molecule has 0 bridgehead atoms. The zero-order valence-corrected chi connectivity index (χ0v) is 19.5. The molecular formula is C29H29N3O2. The molecule has 0 N–H and O–H groups in total. The summed E-state index contributed by atoms with van der Waals surface area (Å²) >= 11 is 0. The van der Waals surface area contributed by atoms with Crippen LogP contribution in [0.1, 0.15) is 29.3 Å². The topological polar surface area (TPSA) is 47.4 Å². The molecule has 1 saturated heterocycles. The Hall–Kier alpha value is -3.86. The number of anilines is 1. The first-order valence-electron chi connectivity index (χ1n) is 11.8. The Labute approximate surface area is 200 Å². The highest BCUT2D eigenvalue weighted by Gasteiger charge is 2.35. The summed E-state index contributed by atoms with van der Waals surface area (Å²) in [4.78, 5) is 19.9. The largest absolute Gasteiger partial charge is 0.491 e. The van der Waals surface area contributed by atoms with E-state index in [9.17, 15) is 4.79 Å². The van der Waals surface area contributed by atoms with Gasteiger partial charge in [-0.15, -0.1) is 6.58 Å². The van der Waals surface area contributed by atoms with Gasteiger partial charge >= 0.3 is 0 Å². The van der Waals surface area contributed by atoms with E-state index in [1.807, 2.05) is 78.6 Å². The first kappa shape index (κ1) is 22.0. The first-order valence-corrected chi connectivity index (χ1v) is 11.8. The number of para-hydroxylation sites is 4. The van der Waals surface area contributed by atoms with Crippen LogP contribution < -0.4 is 9.64 Å². The molecule has 0 saturated carbocycles. The zero-order chi connectivity index (χ0) is 23.5. The van der Waals surface area contributed by atoms with E-state index in [4.69, 9.17) is 9.72 Å². The molecule has 1 aliphatic rings. The number of allylic oxidation sites excluding steroid dienone is 1. The van der Waals surface area contributed by atoms with Crippen LogP contribution >= 0.6 is 0 Å². The Kier molecular flexibility index (Phi) is 6.17. The Morgan fingerprint density at radius 3 is 2.68 bits per heavy atom. The summed E-state index contributed by atoms with van der Waals surface area (Å²) in [7, 11) is 0. The molecule has 1 atom stereocenters. The van der Waals surface area contributed by atoms with Gasteiger partial charge in [-0.05, 0) is 48.7 Å². The van der Waals surface area contributed by atoms with Gasteiger partial charge in [0, 0.05) is 24.6 Å². The van der Waals surface area contributed by atoms with Crippen molar-refractivity contribution in [1.29, 1.82) is 0 Å². The molecule has 0 unspecified atom stereocenters. The smallest absolute Gasteiger partial charge is 0.227 e. The summed E-state index contributed by atoms with van der Waals surface area (Å²) in [6.07, 6.45) is 3.12. The van der Waals surface area contributed by atoms with E-state index in [0.29, 0.717) is 26.1 Å². The molecule has 4 aromatic rings. The van der Waals surface area contributed by atoms with Crippen molar-refractivity contribution >= 4 is 22.6 Å². The van der Waals surface area contributed by atoms with Crippen LogP contribution in [0.25, 0.3) is 11.0 Å². The number of fused-ring (bicyclic) bond motifs is 1. The number of rotatable bonds is 8. The highest BCUT2D eigenvalue weighted by atomic mass is 16.5. The molecule has 2 heterocycles. The van der Waals surface area contributed by atoms with E-state index in [-0.39, 0.29) is 11.8 Å². The minimum absolute atomic E-state index is 0.0348. The predicted octanol–water partition coefficient (Wildman–Crippen LogP) is 5.67. The number of imidazole rings is 1. The predicted molar refractivity (Wildman–Crippen MR) is 136 cm³/mol. The molecule has 0 radical (unpaired) electrons. The van der Waals surface area contributed by atoms with Crippen LogP contribution in [0.4, 0.5) is 5.69 Å². The number of carbonyl (C=O) groups excluding carboxylic acids is 1. The van der Waals surface area contributed by atoms with Gasteiger partial charge in [0.2, 0.25) is 5.91 Å². The maximum atomic E-state index is 13.0. The average molecular weight is 452 g/mol. The summed E-state index contributed by atoms with van der Waals surface area (Å²) in [5, 5.41) is 0. The van der Waals surface area contributed by atoms with Gasteiger partial charge in [-0.1, -0.05) is 54.6 Å². The monoisotopic (exact) mass is 451 g/mol. The van der Waals surface area contributed by atoms with E-state index >= 15 is 0 Å². The van der Waals surface area contributed by atoms with Crippen molar-refractivity contribution in [2.75, 3.05) is 18.1 Å². The van der Waals surface area contributed by atoms with E-state index in [1.54, 1.807) is 0 Å². The summed E-state index contributed by atoms with van der Waals surface area (Å²) < 4.78 is 8.41. The number of hydrogen-bond acceptors (Lipinski definition) is 3. The summed E-state index contributed by atoms with van der Waals surface area (Å²) in [6, 6.07) is 24.3. The number of amides is 1. The van der Waals surface area contributed by atoms with Crippen LogP contribution in [0.15, 0.2) is 85.5 Å². The van der Waals surface area contributed by atoms with Gasteiger partial charge in [-0.3, -0.25) is 4.79 Å². The highest BCUT2D eigenvalue weighted by Crippen LogP contribution is 2.34. The molecule has 34 heavy (non-hydrogen) atoms. The molecule has 5 nitrogen and oxygen atoms in total. The minimum atomic E-state index is 0.0348. The maximum absolute atomic E-state index is 13.0. The standard InChI is InChI=1S/C29H29N3O2/c1-3-10-22-12-5-9-16-27(22)34-18-17-31-26-15-8-6-13-24(26)30-29(31)23-19-28(33)32(20-23)25-14-7-4-11-21(25)2/h3-9,11-16,23H,1,10,17-20H2,2H3/t23-/m0/s1. The Morgan fingerprint density at radius 2 is 1.82 bits per heavy atom. The van der Waals surface area contributed by atoms with Gasteiger partial charge in [0.1, 0.15) is 18.2 Å². The fraction of sp³-hybridized carbons (Fsp3) is 0.241. The third-order valence-electron chi connectivity index (χ3n) is 6.49. The van der Waals surface area contributed by atoms with Crippen LogP contribution in [0.3, 0.4) is 0 Å². The van der Waals surface area contributed by atoms with Crippen molar-refractivity contribution in [3.8, 4) is 5.75 Å². The Bertz CT molecular complexity index is 1340. The number of ether oxygens (including phenoxy) is 1. The first-order chi connectivity index (χ1) is 16.7. The lowest BCUT2D eigenvalue weighted by Gasteiger charge is -2.19. The summed E-state index contributed by atoms with van der Waals surface area (Å²) in [5.41, 5.74) is 5.24. The van der Waals surface area contributed by atoms with Crippen LogP contribution in [-0.4, -0.2) is 28.6 Å². The molecule has 1 aromatic heterocycles. The quantitative estimate of drug-likeness (QED) is 0.324. The fourth-order valence-electron chi connectivity index (χ4n) is 4.84. The van der Waals surface area contributed by atoms with Gasteiger partial charge < -0.3 is 14.2 Å². The molecule has 172 valence electrons. The summed E-state index contributed by atoms with van der Waals surface area (Å²) in [6.45, 7) is 7.71. The second-order valence-electron chi connectivity index (χ2n) is 8.75. The van der Waals surface area contributed by atoms with Crippen molar-refractivity contribution in [3.05, 3.63) is 102 Å². The second-order valence-corrected chi connectivity index (χ2v) is 8.75. The van der Waals surface area contributed by atoms with Crippen molar-refractivity contribution in [1.82, 2.24) is 9.55 Å². The van der Waals surface area contributed by atoms with Crippen molar-refractivity contribution in [2.24, 2.45) is 0 Å². The highest BCUT2D eigenvalue weighted by molar-refractivity contribution is 5.97. The van der Waals surface area contributed by atoms with Gasteiger partial charge in [0.15, 0.2) is 0 Å². The number of aromatic nitrogens is 2. The van der Waals surface area contributed by atoms with E-state index in [1.165, 1.54) is 0 Å². The molecule has 1 aliphatic heterocycles. The number of benzene rings is 3. The number of carbonyl (C=O) groups is 1. The Morgan fingerprint density at radius 1 is 1.06 bits per heavy atom. The van der Waals surface area contributed by atoms with E-state index in [2.05, 4.69) is 23.3 Å². The molecule has 3 aromatic carbocycles. The minimum Gasteiger partial charge on any atom is -0.491 e. The lowest BCUT2D eigenvalue weighted by atomic mass is 10.1. The average Bonchev–Trinajstić information content (AvgIpc) is 3.41. The third kappa shape index (κ3) is 4.21. The van der Waals surface area contributed by atoms with E-state index < -0.39 is 0 Å². The Balaban J connectivity index is 1.40. The van der Waals surface area contributed by atoms with Crippen LogP contribution in [0.5, 0.6) is 5.75 Å². The SMILES string of the molecule is C=CCc1ccccc1OCCn1c([C@H]2CC(=O)N(c3ccccc3C)C2)nc2ccccc21. The fourth-order valence-corrected chi connectivity index (χ4v) is 4.84. The van der Waals surface area contributed by atoms with Crippen molar-refractivity contribution in [2.45, 2.75) is 32.2 Å². The van der Waals surface area contributed by atoms with Crippen LogP contribution in [0.2, 0.25) is 0 Å². The molecule has 1 amide bonds. The maximum Gasteiger partial charge on any atom is 0.227 e. The number of hydrogen-bond donors (Lipinski definition) is 0. The van der Waals surface area contributed by atoms with E-state index in [0.717, 1.165) is 45.8 Å². The normalized spacial score (nSPS) is 15.7. The third-order valence-corrected chi connectivity index (χ3v) is 6.49. The van der Waals surface area contributed by atoms with Crippen molar-refractivity contribution < 1.29 is 9.53 Å². The van der Waals surface area contributed by atoms with Gasteiger partial charge in [0.05, 0.1) is 17.6 Å². The van der Waals surface area contributed by atoms with Gasteiger partial charge in [-0.25, -0.2) is 4.98 Å². The second kappa shape index (κ2) is 9.56. The zero-order valence-electron chi connectivity index (χ0n) is 19.5. The molecule has 0 spiro atoms. The lowest BCUT2D eigenvalue weighted by molar-refractivity contribution is -0.117. The molecule has 1 fully saturated rings. The van der Waals surface area contributed by atoms with Gasteiger partial charge in [0.25, 0.3) is 0 Å². The number of nitrogens with zero attached hydrogens (tertiary/aromatic N) is 3. The number of aryl methyl sites for hydroxylation is 1. The van der Waals surface area contributed by atoms with Crippen LogP contribution in [0, 0.1) is 6.92 Å². The summed E-state index contributed by atoms with van der Waals surface area (Å²) in [5.74, 6) is 2.02. The van der Waals surface area contributed by atoms with Crippen LogP contribution in [-0.2, 0) is 17.8 Å². The molecular weight excluding hydrogens is 422 g/mol. The molecule has 0 aliphatic carbocycles. The van der Waals surface area contributed by atoms with Gasteiger partial charge in [-0.2, -0.15) is 0 Å². The molecule has 5 rings (SSSR count). The lowest BCUT2D eigenvalue weighted by Crippen LogP contribution is -2.25.